The fourth-order valence-electron chi connectivity index (χ4n) is 22.0. The van der Waals surface area contributed by atoms with Crippen LogP contribution in [0.4, 0.5) is 0 Å². The van der Waals surface area contributed by atoms with Gasteiger partial charge in [0.1, 0.15) is 5.75 Å². The SMILES string of the molecule is C=C(CCC(C(=O)O)C1C(O)CC2(C3CCC(Cc4ccc(CCOC)cc4)CC3)C3=C(CCC12C)C12C4C=CC5=c6ccccc6=C(Cc6cccc(-c7ccc(O)cc7)c6)C(=CC6(C=CCC(C)(C(O)C4)C61)C3)C52)C(C)C1CCCCC1. The lowest BCUT2D eigenvalue weighted by Crippen LogP contribution is -2.71. The maximum absolute atomic E-state index is 14.3. The molecule has 2 bridgehead atoms. The van der Waals surface area contributed by atoms with Gasteiger partial charge in [-0.3, -0.25) is 4.79 Å². The van der Waals surface area contributed by atoms with Crippen molar-refractivity contribution in [3.05, 3.63) is 183 Å². The van der Waals surface area contributed by atoms with E-state index in [0.29, 0.717) is 49.4 Å². The molecule has 6 heteroatoms. The van der Waals surface area contributed by atoms with Crippen LogP contribution >= 0.6 is 0 Å². The third-order valence-corrected chi connectivity index (χ3v) is 25.7. The van der Waals surface area contributed by atoms with E-state index in [1.165, 1.54) is 81.5 Å². The van der Waals surface area contributed by atoms with Crippen LogP contribution in [0.5, 0.6) is 5.75 Å². The number of hydrogen-bond acceptors (Lipinski definition) is 5. The highest BCUT2D eigenvalue weighted by atomic mass is 16.5. The average molecular weight is 1130 g/mol. The Labute approximate surface area is 500 Å². The summed E-state index contributed by atoms with van der Waals surface area (Å²) in [5, 5.41) is 51.0. The molecule has 10 aliphatic carbocycles. The number of ether oxygens (including phenoxy) is 1. The van der Waals surface area contributed by atoms with E-state index < -0.39 is 40.3 Å². The number of carbonyl (C=O) groups is 1. The third kappa shape index (κ3) is 8.57. The maximum atomic E-state index is 14.3. The van der Waals surface area contributed by atoms with Crippen molar-refractivity contribution >= 4 is 17.1 Å². The molecule has 6 nitrogen and oxygen atoms in total. The minimum Gasteiger partial charge on any atom is -0.508 e. The first-order valence-corrected chi connectivity index (χ1v) is 33.0. The summed E-state index contributed by atoms with van der Waals surface area (Å²) in [7, 11) is 1.77. The Kier molecular flexibility index (Phi) is 14.3. The first-order chi connectivity index (χ1) is 40.6. The summed E-state index contributed by atoms with van der Waals surface area (Å²) in [6.45, 7) is 12.7. The topological polar surface area (TPSA) is 107 Å². The van der Waals surface area contributed by atoms with Crippen LogP contribution in [0.25, 0.3) is 22.3 Å². The highest BCUT2D eigenvalue weighted by Gasteiger charge is 2.78. The summed E-state index contributed by atoms with van der Waals surface area (Å²) < 4.78 is 5.40. The van der Waals surface area contributed by atoms with Gasteiger partial charge in [-0.15, -0.1) is 0 Å². The van der Waals surface area contributed by atoms with Gasteiger partial charge in [-0.1, -0.05) is 179 Å². The van der Waals surface area contributed by atoms with Crippen molar-refractivity contribution in [1.82, 2.24) is 0 Å². The molecule has 0 aromatic heterocycles. The number of phenols is 1. The lowest BCUT2D eigenvalue weighted by molar-refractivity contribution is -0.182. The van der Waals surface area contributed by atoms with Crippen molar-refractivity contribution in [2.45, 2.75) is 161 Å². The summed E-state index contributed by atoms with van der Waals surface area (Å²) in [5.74, 6) is 0.621. The first kappa shape index (κ1) is 56.3. The van der Waals surface area contributed by atoms with E-state index in [9.17, 15) is 25.2 Å². The quantitative estimate of drug-likeness (QED) is 0.0833. The zero-order chi connectivity index (χ0) is 57.9. The molecule has 4 aromatic rings. The second-order valence-corrected chi connectivity index (χ2v) is 29.4. The second-order valence-electron chi connectivity index (χ2n) is 29.4. The van der Waals surface area contributed by atoms with Crippen LogP contribution in [0.1, 0.15) is 147 Å². The van der Waals surface area contributed by atoms with Crippen molar-refractivity contribution in [3.8, 4) is 16.9 Å². The van der Waals surface area contributed by atoms with Crippen LogP contribution < -0.4 is 10.4 Å². The van der Waals surface area contributed by atoms with Gasteiger partial charge in [0.25, 0.3) is 0 Å². The Morgan fingerprint density at radius 1 is 0.833 bits per heavy atom. The number of methoxy groups -OCH3 is 1. The van der Waals surface area contributed by atoms with E-state index in [0.717, 1.165) is 88.4 Å². The number of carboxylic acid groups (broad SMARTS) is 1. The van der Waals surface area contributed by atoms with Crippen LogP contribution in [0.2, 0.25) is 0 Å². The summed E-state index contributed by atoms with van der Waals surface area (Å²) in [5.41, 5.74) is 12.9. The van der Waals surface area contributed by atoms with Crippen LogP contribution in [0.3, 0.4) is 0 Å². The molecule has 0 amide bonds. The minimum atomic E-state index is -0.750. The number of aliphatic carboxylic acids is 1. The van der Waals surface area contributed by atoms with Gasteiger partial charge in [0.05, 0.1) is 24.7 Å². The van der Waals surface area contributed by atoms with Gasteiger partial charge in [0.15, 0.2) is 0 Å². The number of allylic oxidation sites excluding steroid dienone is 9. The van der Waals surface area contributed by atoms with E-state index in [4.69, 9.17) is 11.3 Å². The van der Waals surface area contributed by atoms with Gasteiger partial charge in [-0.2, -0.15) is 0 Å². The Balaban J connectivity index is 0.918. The maximum Gasteiger partial charge on any atom is 0.306 e. The summed E-state index contributed by atoms with van der Waals surface area (Å²) in [6.07, 6.45) is 31.2. The highest BCUT2D eigenvalue weighted by molar-refractivity contribution is 5.84. The third-order valence-electron chi connectivity index (χ3n) is 25.7. The molecule has 1 spiro atoms. The van der Waals surface area contributed by atoms with Gasteiger partial charge < -0.3 is 25.2 Å². The summed E-state index contributed by atoms with van der Waals surface area (Å²) >= 11 is 0. The number of benzene rings is 4. The van der Waals surface area contributed by atoms with E-state index >= 15 is 0 Å². The Morgan fingerprint density at radius 2 is 1.58 bits per heavy atom. The van der Waals surface area contributed by atoms with Crippen molar-refractivity contribution in [1.29, 1.82) is 0 Å². The Morgan fingerprint density at radius 3 is 2.33 bits per heavy atom. The minimum absolute atomic E-state index is 0.0727. The van der Waals surface area contributed by atoms with Crippen molar-refractivity contribution < 1.29 is 30.0 Å². The van der Waals surface area contributed by atoms with E-state index in [2.05, 4.69) is 124 Å². The molecule has 0 aliphatic heterocycles. The molecule has 84 heavy (non-hydrogen) atoms. The van der Waals surface area contributed by atoms with Crippen molar-refractivity contribution in [2.75, 3.05) is 13.7 Å². The fourth-order valence-corrected chi connectivity index (χ4v) is 22.0. The molecule has 0 radical (unpaired) electrons. The monoisotopic (exact) mass is 1120 g/mol. The number of carboxylic acids is 1. The van der Waals surface area contributed by atoms with Gasteiger partial charge >= 0.3 is 5.97 Å². The van der Waals surface area contributed by atoms with Gasteiger partial charge in [0.2, 0.25) is 0 Å². The average Bonchev–Trinajstić information content (AvgIpc) is 0.860. The van der Waals surface area contributed by atoms with Crippen LogP contribution in [0.15, 0.2) is 156 Å². The van der Waals surface area contributed by atoms with Gasteiger partial charge in [0, 0.05) is 40.6 Å². The van der Waals surface area contributed by atoms with Crippen molar-refractivity contribution in [3.63, 3.8) is 0 Å². The highest BCUT2D eigenvalue weighted by Crippen LogP contribution is 2.84. The lowest BCUT2D eigenvalue weighted by Gasteiger charge is -2.75. The zero-order valence-electron chi connectivity index (χ0n) is 50.6. The molecule has 13 atom stereocenters. The number of aliphatic hydroxyl groups is 2. The Hall–Kier alpha value is -5.53. The van der Waals surface area contributed by atoms with E-state index in [-0.39, 0.29) is 40.3 Å². The first-order valence-electron chi connectivity index (χ1n) is 33.0. The number of hydrogen-bond donors (Lipinski definition) is 4. The molecule has 14 rings (SSSR count). The number of aliphatic hydroxyl groups excluding tert-OH is 2. The number of aromatic hydroxyl groups is 1. The molecule has 0 heterocycles. The fraction of sp³-hybridized carbons (Fsp3) is 0.526. The van der Waals surface area contributed by atoms with Gasteiger partial charge in [-0.05, 0) is 217 Å². The number of rotatable bonds is 16. The second kappa shape index (κ2) is 21.4. The normalized spacial score (nSPS) is 36.0. The van der Waals surface area contributed by atoms with E-state index in [1.54, 1.807) is 30.4 Å². The van der Waals surface area contributed by atoms with Gasteiger partial charge in [-0.25, -0.2) is 0 Å². The molecule has 440 valence electrons. The van der Waals surface area contributed by atoms with Crippen LogP contribution in [-0.2, 0) is 28.8 Å². The number of phenolic OH excluding ortho intramolecular Hbond substituents is 1. The molecule has 0 saturated heterocycles. The molecular formula is C78H92O6. The molecule has 4 fully saturated rings. The molecule has 4 saturated carbocycles. The standard InChI is InChI=1S/C78H92O6/c1-48(49(2)54-14-7-6-8-15-54)19-33-63(72(82)83)71-68(80)47-77(57-28-24-52(25-29-57)41-51-22-20-50(21-23-51)36-40-84-5)67-46-76-38-12-37-74(3)69(81)44-58-30-34-62-60-17-9-10-18-61(60)64(43-53-13-11-16-56(42-53)55-26-31-59(79)32-27-55)65(45-76)70(62)78(58,73(74)76)66(67)35-39-75(71,77)4/h9-13,16-18,20-23,26-27,30-32,34,38,42,45,49,52,54,57-58,63,68-71,73,79-81H,1,6-8,14-15,19,24-25,28-29,33,35-37,39-41,43-44,46-47H2,2-5H3,(H,82,83). The lowest BCUT2D eigenvalue weighted by atomic mass is 9.28. The molecule has 4 N–H and O–H groups in total. The largest absolute Gasteiger partial charge is 0.508 e. The smallest absolute Gasteiger partial charge is 0.306 e. The molecule has 13 unspecified atom stereocenters. The molecule has 4 aromatic carbocycles. The van der Waals surface area contributed by atoms with Crippen LogP contribution in [-0.4, -0.2) is 52.3 Å². The van der Waals surface area contributed by atoms with Crippen LogP contribution in [0, 0.1) is 80.3 Å². The molecular weight excluding hydrogens is 1030 g/mol. The number of fused-ring (bicyclic) bond motifs is 3. The summed E-state index contributed by atoms with van der Waals surface area (Å²) in [6, 6.07) is 35.0. The zero-order valence-corrected chi connectivity index (χ0v) is 50.6. The van der Waals surface area contributed by atoms with E-state index in [1.807, 2.05) is 12.1 Å². The predicted molar refractivity (Wildman–Crippen MR) is 337 cm³/mol. The van der Waals surface area contributed by atoms with Crippen molar-refractivity contribution in [2.24, 2.45) is 80.3 Å². The molecule has 10 aliphatic rings. The predicted octanol–water partition coefficient (Wildman–Crippen LogP) is 15.0. The Bertz CT molecular complexity index is 3490. The summed E-state index contributed by atoms with van der Waals surface area (Å²) in [4.78, 5) is 14.3.